The molecule has 2 aromatic rings. The molecular weight excluding hydrogens is 292 g/mol. The molecule has 1 saturated carbocycles. The summed E-state index contributed by atoms with van der Waals surface area (Å²) in [5, 5.41) is 3.47. The third-order valence-electron chi connectivity index (χ3n) is 3.21. The Kier molecular flexibility index (Phi) is 3.22. The highest BCUT2D eigenvalue weighted by Crippen LogP contribution is 2.33. The van der Waals surface area contributed by atoms with Crippen LogP contribution >= 0.6 is 15.9 Å². The zero-order valence-corrected chi connectivity index (χ0v) is 11.8. The molecule has 0 amide bonds. The molecule has 0 unspecified atom stereocenters. The Morgan fingerprint density at radius 3 is 3.06 bits per heavy atom. The standard InChI is InChI=1S/C14H15BrN2O/c1-9-3-2-4-11(13(9)15)14-12(17-8-18-14)7-16-10-5-6-10/h2-4,8,10,16H,5-7H2,1H3. The van der Waals surface area contributed by atoms with Gasteiger partial charge in [0.15, 0.2) is 12.2 Å². The fraction of sp³-hybridized carbons (Fsp3) is 0.357. The number of nitrogens with zero attached hydrogens (tertiary/aromatic N) is 1. The first-order chi connectivity index (χ1) is 8.75. The molecule has 1 aromatic carbocycles. The smallest absolute Gasteiger partial charge is 0.181 e. The van der Waals surface area contributed by atoms with Gasteiger partial charge in [-0.2, -0.15) is 0 Å². The summed E-state index contributed by atoms with van der Waals surface area (Å²) in [5.74, 6) is 0.860. The third-order valence-corrected chi connectivity index (χ3v) is 4.27. The van der Waals surface area contributed by atoms with E-state index in [0.29, 0.717) is 6.04 Å². The molecule has 0 bridgehead atoms. The van der Waals surface area contributed by atoms with Crippen molar-refractivity contribution in [2.75, 3.05) is 0 Å². The molecule has 0 spiro atoms. The predicted molar refractivity (Wildman–Crippen MR) is 74.2 cm³/mol. The quantitative estimate of drug-likeness (QED) is 0.936. The summed E-state index contributed by atoms with van der Waals surface area (Å²) in [6, 6.07) is 6.84. The zero-order valence-electron chi connectivity index (χ0n) is 10.2. The van der Waals surface area contributed by atoms with Crippen LogP contribution in [0.2, 0.25) is 0 Å². The van der Waals surface area contributed by atoms with Gasteiger partial charge in [0.25, 0.3) is 0 Å². The van der Waals surface area contributed by atoms with Crippen LogP contribution in [0.1, 0.15) is 24.1 Å². The van der Waals surface area contributed by atoms with Gasteiger partial charge in [-0.05, 0) is 41.3 Å². The molecule has 1 fully saturated rings. The average Bonchev–Trinajstić information content (AvgIpc) is 3.08. The van der Waals surface area contributed by atoms with Gasteiger partial charge >= 0.3 is 0 Å². The molecule has 3 nitrogen and oxygen atoms in total. The molecular formula is C14H15BrN2O. The van der Waals surface area contributed by atoms with Crippen molar-refractivity contribution in [1.82, 2.24) is 10.3 Å². The van der Waals surface area contributed by atoms with E-state index in [9.17, 15) is 0 Å². The first-order valence-electron chi connectivity index (χ1n) is 6.17. The third kappa shape index (κ3) is 2.35. The normalized spacial score (nSPS) is 15.0. The van der Waals surface area contributed by atoms with Gasteiger partial charge in [0.1, 0.15) is 5.69 Å². The maximum absolute atomic E-state index is 5.56. The number of hydrogen-bond acceptors (Lipinski definition) is 3. The van der Waals surface area contributed by atoms with Crippen LogP contribution in [0.4, 0.5) is 0 Å². The highest BCUT2D eigenvalue weighted by Gasteiger charge is 2.22. The minimum Gasteiger partial charge on any atom is -0.443 e. The highest BCUT2D eigenvalue weighted by molar-refractivity contribution is 9.10. The summed E-state index contributed by atoms with van der Waals surface area (Å²) < 4.78 is 6.64. The van der Waals surface area contributed by atoms with Crippen molar-refractivity contribution in [2.45, 2.75) is 32.4 Å². The number of rotatable bonds is 4. The minimum absolute atomic E-state index is 0.676. The molecule has 94 valence electrons. The number of halogens is 1. The highest BCUT2D eigenvalue weighted by atomic mass is 79.9. The van der Waals surface area contributed by atoms with Crippen LogP contribution in [0.15, 0.2) is 33.5 Å². The van der Waals surface area contributed by atoms with Crippen molar-refractivity contribution in [1.29, 1.82) is 0 Å². The van der Waals surface area contributed by atoms with Crippen LogP contribution in [0.25, 0.3) is 11.3 Å². The molecule has 0 atom stereocenters. The van der Waals surface area contributed by atoms with Gasteiger partial charge in [-0.3, -0.25) is 0 Å². The van der Waals surface area contributed by atoms with E-state index in [0.717, 1.165) is 28.0 Å². The monoisotopic (exact) mass is 306 g/mol. The molecule has 0 radical (unpaired) electrons. The Balaban J connectivity index is 1.90. The van der Waals surface area contributed by atoms with E-state index < -0.39 is 0 Å². The summed E-state index contributed by atoms with van der Waals surface area (Å²) in [6.45, 7) is 2.85. The molecule has 0 aliphatic heterocycles. The summed E-state index contributed by atoms with van der Waals surface area (Å²) in [6.07, 6.45) is 4.08. The van der Waals surface area contributed by atoms with Gasteiger partial charge in [-0.1, -0.05) is 18.2 Å². The lowest BCUT2D eigenvalue weighted by Crippen LogP contribution is -2.16. The van der Waals surface area contributed by atoms with Crippen molar-refractivity contribution in [3.05, 3.63) is 40.3 Å². The lowest BCUT2D eigenvalue weighted by molar-refractivity contribution is 0.569. The second-order valence-corrected chi connectivity index (χ2v) is 5.51. The van der Waals surface area contributed by atoms with E-state index >= 15 is 0 Å². The van der Waals surface area contributed by atoms with Crippen molar-refractivity contribution in [3.63, 3.8) is 0 Å². The van der Waals surface area contributed by atoms with Gasteiger partial charge in [-0.25, -0.2) is 4.98 Å². The fourth-order valence-electron chi connectivity index (χ4n) is 1.97. The van der Waals surface area contributed by atoms with E-state index in [-0.39, 0.29) is 0 Å². The first kappa shape index (κ1) is 11.9. The fourth-order valence-corrected chi connectivity index (χ4v) is 2.41. The van der Waals surface area contributed by atoms with Crippen LogP contribution in [0.5, 0.6) is 0 Å². The number of aromatic nitrogens is 1. The zero-order chi connectivity index (χ0) is 12.5. The SMILES string of the molecule is Cc1cccc(-c2ocnc2CNC2CC2)c1Br. The van der Waals surface area contributed by atoms with Crippen molar-refractivity contribution < 1.29 is 4.42 Å². The van der Waals surface area contributed by atoms with Crippen LogP contribution in [0, 0.1) is 6.92 Å². The summed E-state index contributed by atoms with van der Waals surface area (Å²) in [7, 11) is 0. The summed E-state index contributed by atoms with van der Waals surface area (Å²) in [4.78, 5) is 4.31. The molecule has 1 aliphatic carbocycles. The average molecular weight is 307 g/mol. The molecule has 1 aromatic heterocycles. The first-order valence-corrected chi connectivity index (χ1v) is 6.96. The maximum Gasteiger partial charge on any atom is 0.181 e. The van der Waals surface area contributed by atoms with Crippen molar-refractivity contribution in [3.8, 4) is 11.3 Å². The lowest BCUT2D eigenvalue weighted by Gasteiger charge is -2.06. The van der Waals surface area contributed by atoms with E-state index in [1.165, 1.54) is 24.8 Å². The Morgan fingerprint density at radius 2 is 2.28 bits per heavy atom. The van der Waals surface area contributed by atoms with Crippen LogP contribution in [-0.2, 0) is 6.54 Å². The second-order valence-electron chi connectivity index (χ2n) is 4.72. The van der Waals surface area contributed by atoms with E-state index in [1.54, 1.807) is 0 Å². The summed E-state index contributed by atoms with van der Waals surface area (Å²) in [5.41, 5.74) is 3.25. The van der Waals surface area contributed by atoms with Crippen molar-refractivity contribution in [2.24, 2.45) is 0 Å². The van der Waals surface area contributed by atoms with E-state index in [4.69, 9.17) is 4.42 Å². The number of hydrogen-bond donors (Lipinski definition) is 1. The van der Waals surface area contributed by atoms with Gasteiger partial charge in [0.2, 0.25) is 0 Å². The van der Waals surface area contributed by atoms with Crippen LogP contribution in [0.3, 0.4) is 0 Å². The Bertz CT molecular complexity index is 561. The number of oxazole rings is 1. The molecule has 4 heteroatoms. The maximum atomic E-state index is 5.56. The summed E-state index contributed by atoms with van der Waals surface area (Å²) >= 11 is 3.62. The molecule has 0 saturated heterocycles. The van der Waals surface area contributed by atoms with E-state index in [1.807, 2.05) is 6.07 Å². The number of benzene rings is 1. The molecule has 1 heterocycles. The van der Waals surface area contributed by atoms with Gasteiger partial charge < -0.3 is 9.73 Å². The second kappa shape index (κ2) is 4.86. The topological polar surface area (TPSA) is 38.1 Å². The van der Waals surface area contributed by atoms with Gasteiger partial charge in [0, 0.05) is 22.6 Å². The molecule has 1 N–H and O–H groups in total. The Morgan fingerprint density at radius 1 is 1.44 bits per heavy atom. The van der Waals surface area contributed by atoms with Crippen LogP contribution < -0.4 is 5.32 Å². The minimum atomic E-state index is 0.676. The largest absolute Gasteiger partial charge is 0.443 e. The molecule has 18 heavy (non-hydrogen) atoms. The van der Waals surface area contributed by atoms with Gasteiger partial charge in [0.05, 0.1) is 0 Å². The molecule has 3 rings (SSSR count). The lowest BCUT2D eigenvalue weighted by atomic mass is 10.1. The number of nitrogens with one attached hydrogen (secondary N) is 1. The van der Waals surface area contributed by atoms with Crippen LogP contribution in [-0.4, -0.2) is 11.0 Å². The Hall–Kier alpha value is -1.13. The molecule has 1 aliphatic rings. The van der Waals surface area contributed by atoms with Gasteiger partial charge in [-0.15, -0.1) is 0 Å². The number of aryl methyl sites for hydroxylation is 1. The Labute approximate surface area is 115 Å². The van der Waals surface area contributed by atoms with Crippen molar-refractivity contribution >= 4 is 15.9 Å². The predicted octanol–water partition coefficient (Wildman–Crippen LogP) is 3.66. The van der Waals surface area contributed by atoms with E-state index in [2.05, 4.69) is 45.3 Å².